The van der Waals surface area contributed by atoms with Gasteiger partial charge in [0.05, 0.1) is 12.1 Å². The van der Waals surface area contributed by atoms with Crippen LogP contribution in [0.3, 0.4) is 0 Å². The molecule has 21 heavy (non-hydrogen) atoms. The second kappa shape index (κ2) is 6.39. The Labute approximate surface area is 122 Å². The molecule has 0 radical (unpaired) electrons. The average molecular weight is 289 g/mol. The summed E-state index contributed by atoms with van der Waals surface area (Å²) in [5.74, 6) is -1.14. The summed E-state index contributed by atoms with van der Waals surface area (Å²) in [5.41, 5.74) is 1.38. The highest BCUT2D eigenvalue weighted by atomic mass is 16.4. The molecule has 0 fully saturated rings. The van der Waals surface area contributed by atoms with Gasteiger partial charge in [-0.1, -0.05) is 19.9 Å². The molecule has 0 bridgehead atoms. The molecule has 0 spiro atoms. The topological polar surface area (TPSA) is 83.7 Å². The minimum atomic E-state index is -1.01. The van der Waals surface area contributed by atoms with Crippen LogP contribution in [0.25, 0.3) is 5.65 Å². The zero-order valence-electron chi connectivity index (χ0n) is 12.1. The normalized spacial score (nSPS) is 12.5. The Hall–Kier alpha value is -2.37. The molecule has 2 N–H and O–H groups in total. The summed E-state index contributed by atoms with van der Waals surface area (Å²) in [7, 11) is 0. The molecule has 2 rings (SSSR count). The van der Waals surface area contributed by atoms with Gasteiger partial charge in [0.1, 0.15) is 11.7 Å². The SMILES string of the molecule is CC(C)CC(NC(=O)Cc1cn2ccccc2n1)C(=O)O. The maximum absolute atomic E-state index is 12.0. The van der Waals surface area contributed by atoms with E-state index in [1.165, 1.54) is 0 Å². The molecule has 2 heterocycles. The maximum atomic E-state index is 12.0. The first-order valence-corrected chi connectivity index (χ1v) is 6.90. The highest BCUT2D eigenvalue weighted by Gasteiger charge is 2.21. The lowest BCUT2D eigenvalue weighted by atomic mass is 10.0. The molecular formula is C15H19N3O3. The van der Waals surface area contributed by atoms with E-state index in [9.17, 15) is 9.59 Å². The first kappa shape index (κ1) is 15.0. The van der Waals surface area contributed by atoms with Crippen molar-refractivity contribution in [2.45, 2.75) is 32.7 Å². The molecule has 2 aromatic heterocycles. The maximum Gasteiger partial charge on any atom is 0.326 e. The van der Waals surface area contributed by atoms with E-state index < -0.39 is 12.0 Å². The number of carboxylic acid groups (broad SMARTS) is 1. The Morgan fingerprint density at radius 1 is 1.38 bits per heavy atom. The molecular weight excluding hydrogens is 270 g/mol. The van der Waals surface area contributed by atoms with Crippen molar-refractivity contribution in [1.82, 2.24) is 14.7 Å². The van der Waals surface area contributed by atoms with E-state index in [0.717, 1.165) is 5.65 Å². The molecule has 6 heteroatoms. The Bertz CT molecular complexity index is 615. The van der Waals surface area contributed by atoms with E-state index in [4.69, 9.17) is 5.11 Å². The molecule has 0 aliphatic rings. The molecule has 1 atom stereocenters. The van der Waals surface area contributed by atoms with Crippen LogP contribution in [-0.4, -0.2) is 32.4 Å². The van der Waals surface area contributed by atoms with Crippen molar-refractivity contribution in [1.29, 1.82) is 0 Å². The number of hydrogen-bond donors (Lipinski definition) is 2. The van der Waals surface area contributed by atoms with Crippen LogP contribution in [0.15, 0.2) is 30.6 Å². The van der Waals surface area contributed by atoms with Gasteiger partial charge in [0, 0.05) is 12.4 Å². The van der Waals surface area contributed by atoms with Gasteiger partial charge >= 0.3 is 5.97 Å². The second-order valence-electron chi connectivity index (χ2n) is 5.46. The number of nitrogens with zero attached hydrogens (tertiary/aromatic N) is 2. The number of fused-ring (bicyclic) bond motifs is 1. The summed E-state index contributed by atoms with van der Waals surface area (Å²) in [6.45, 7) is 3.84. The van der Waals surface area contributed by atoms with Crippen LogP contribution < -0.4 is 5.32 Å². The van der Waals surface area contributed by atoms with Crippen LogP contribution in [0.1, 0.15) is 26.0 Å². The number of carbonyl (C=O) groups is 2. The molecule has 1 unspecified atom stereocenters. The molecule has 112 valence electrons. The van der Waals surface area contributed by atoms with Crippen LogP contribution in [-0.2, 0) is 16.0 Å². The standard InChI is InChI=1S/C15H19N3O3/c1-10(2)7-12(15(20)21)17-14(19)8-11-9-18-6-4-3-5-13(18)16-11/h3-6,9-10,12H,7-8H2,1-2H3,(H,17,19)(H,20,21). The highest BCUT2D eigenvalue weighted by Crippen LogP contribution is 2.07. The predicted octanol–water partition coefficient (Wildman–Crippen LogP) is 1.49. The third-order valence-corrected chi connectivity index (χ3v) is 3.10. The van der Waals surface area contributed by atoms with E-state index in [-0.39, 0.29) is 18.2 Å². The lowest BCUT2D eigenvalue weighted by molar-refractivity contribution is -0.142. The van der Waals surface area contributed by atoms with Crippen molar-refractivity contribution in [2.75, 3.05) is 0 Å². The molecule has 1 amide bonds. The van der Waals surface area contributed by atoms with Crippen LogP contribution in [0.5, 0.6) is 0 Å². The summed E-state index contributed by atoms with van der Waals surface area (Å²) in [6.07, 6.45) is 4.10. The largest absolute Gasteiger partial charge is 0.480 e. The zero-order chi connectivity index (χ0) is 15.4. The number of carboxylic acids is 1. The smallest absolute Gasteiger partial charge is 0.326 e. The number of pyridine rings is 1. The van der Waals surface area contributed by atoms with E-state index in [1.807, 2.05) is 42.6 Å². The number of rotatable bonds is 6. The lowest BCUT2D eigenvalue weighted by Gasteiger charge is -2.16. The predicted molar refractivity (Wildman–Crippen MR) is 77.9 cm³/mol. The van der Waals surface area contributed by atoms with E-state index >= 15 is 0 Å². The molecule has 6 nitrogen and oxygen atoms in total. The van der Waals surface area contributed by atoms with Gasteiger partial charge < -0.3 is 14.8 Å². The van der Waals surface area contributed by atoms with E-state index in [0.29, 0.717) is 12.1 Å². The average Bonchev–Trinajstić information content (AvgIpc) is 2.79. The van der Waals surface area contributed by atoms with E-state index in [1.54, 1.807) is 6.20 Å². The Balaban J connectivity index is 2.01. The monoisotopic (exact) mass is 289 g/mol. The molecule has 0 saturated heterocycles. The summed E-state index contributed by atoms with van der Waals surface area (Å²) in [4.78, 5) is 27.4. The molecule has 0 saturated carbocycles. The number of carbonyl (C=O) groups excluding carboxylic acids is 1. The van der Waals surface area contributed by atoms with Gasteiger partial charge in [-0.15, -0.1) is 0 Å². The minimum Gasteiger partial charge on any atom is -0.480 e. The summed E-state index contributed by atoms with van der Waals surface area (Å²) in [6, 6.07) is 4.74. The van der Waals surface area contributed by atoms with Crippen molar-refractivity contribution in [3.8, 4) is 0 Å². The van der Waals surface area contributed by atoms with Crippen molar-refractivity contribution in [2.24, 2.45) is 5.92 Å². The van der Waals surface area contributed by atoms with E-state index in [2.05, 4.69) is 10.3 Å². The quantitative estimate of drug-likeness (QED) is 0.844. The first-order valence-electron chi connectivity index (χ1n) is 6.90. The van der Waals surface area contributed by atoms with Crippen LogP contribution >= 0.6 is 0 Å². The van der Waals surface area contributed by atoms with Crippen molar-refractivity contribution >= 4 is 17.5 Å². The van der Waals surface area contributed by atoms with Crippen LogP contribution in [0.2, 0.25) is 0 Å². The number of nitrogens with one attached hydrogen (secondary N) is 1. The fourth-order valence-electron chi connectivity index (χ4n) is 2.18. The van der Waals surface area contributed by atoms with Gasteiger partial charge in [-0.25, -0.2) is 9.78 Å². The van der Waals surface area contributed by atoms with Gasteiger partial charge in [-0.3, -0.25) is 4.79 Å². The molecule has 0 aliphatic heterocycles. The fourth-order valence-corrected chi connectivity index (χ4v) is 2.18. The molecule has 0 aliphatic carbocycles. The summed E-state index contributed by atoms with van der Waals surface area (Å²) < 4.78 is 1.82. The van der Waals surface area contributed by atoms with Gasteiger partial charge in [0.25, 0.3) is 0 Å². The summed E-state index contributed by atoms with van der Waals surface area (Å²) >= 11 is 0. The number of hydrogen-bond acceptors (Lipinski definition) is 3. The Morgan fingerprint density at radius 2 is 2.14 bits per heavy atom. The highest BCUT2D eigenvalue weighted by molar-refractivity contribution is 5.84. The molecule has 0 aromatic carbocycles. The van der Waals surface area contributed by atoms with Crippen molar-refractivity contribution in [3.63, 3.8) is 0 Å². The second-order valence-corrected chi connectivity index (χ2v) is 5.46. The van der Waals surface area contributed by atoms with Gasteiger partial charge in [-0.05, 0) is 24.5 Å². The zero-order valence-corrected chi connectivity index (χ0v) is 12.1. The van der Waals surface area contributed by atoms with Gasteiger partial charge in [0.15, 0.2) is 0 Å². The summed E-state index contributed by atoms with van der Waals surface area (Å²) in [5, 5.41) is 11.7. The van der Waals surface area contributed by atoms with Crippen LogP contribution in [0.4, 0.5) is 0 Å². The minimum absolute atomic E-state index is 0.0730. The van der Waals surface area contributed by atoms with Crippen LogP contribution in [0, 0.1) is 5.92 Å². The van der Waals surface area contributed by atoms with Gasteiger partial charge in [0.2, 0.25) is 5.91 Å². The first-order chi connectivity index (χ1) is 9.95. The van der Waals surface area contributed by atoms with Gasteiger partial charge in [-0.2, -0.15) is 0 Å². The van der Waals surface area contributed by atoms with Crippen molar-refractivity contribution < 1.29 is 14.7 Å². The lowest BCUT2D eigenvalue weighted by Crippen LogP contribution is -2.42. The molecule has 2 aromatic rings. The number of imidazole rings is 1. The fraction of sp³-hybridized carbons (Fsp3) is 0.400. The number of amides is 1. The number of aliphatic carboxylic acids is 1. The Kier molecular flexibility index (Phi) is 4.57. The number of aromatic nitrogens is 2. The third kappa shape index (κ3) is 4.05. The van der Waals surface area contributed by atoms with Crippen molar-refractivity contribution in [3.05, 3.63) is 36.3 Å². The Morgan fingerprint density at radius 3 is 2.76 bits per heavy atom. The third-order valence-electron chi connectivity index (χ3n) is 3.10.